The van der Waals surface area contributed by atoms with E-state index < -0.39 is 0 Å². The minimum absolute atomic E-state index is 0.785. The van der Waals surface area contributed by atoms with Crippen LogP contribution in [0.4, 0.5) is 0 Å². The molecule has 0 unspecified atom stereocenters. The van der Waals surface area contributed by atoms with E-state index in [9.17, 15) is 0 Å². The van der Waals surface area contributed by atoms with Crippen LogP contribution in [-0.2, 0) is 0 Å². The summed E-state index contributed by atoms with van der Waals surface area (Å²) in [4.78, 5) is 41.0. The summed E-state index contributed by atoms with van der Waals surface area (Å²) in [6.45, 7) is 7.94. The van der Waals surface area contributed by atoms with E-state index in [4.69, 9.17) is 9.97 Å². The summed E-state index contributed by atoms with van der Waals surface area (Å²) in [5.74, 6) is 2.38. The number of nitrogens with zero attached hydrogens (tertiary/aromatic N) is 9. The van der Waals surface area contributed by atoms with Crippen molar-refractivity contribution in [3.63, 3.8) is 0 Å². The Bertz CT molecular complexity index is 5570. The molecular weight excluding hydrogens is 1170 g/mol. The van der Waals surface area contributed by atoms with Crippen molar-refractivity contribution < 1.29 is 0 Å². The van der Waals surface area contributed by atoms with Crippen LogP contribution in [0.25, 0.3) is 144 Å². The van der Waals surface area contributed by atoms with Gasteiger partial charge in [-0.1, -0.05) is 231 Å². The van der Waals surface area contributed by atoms with Gasteiger partial charge in [-0.15, -0.1) is 0 Å². The Morgan fingerprint density at radius 1 is 0.229 bits per heavy atom. The van der Waals surface area contributed by atoms with Gasteiger partial charge in [0.15, 0.2) is 0 Å². The monoisotopic (exact) mass is 1240 g/mol. The Hall–Kier alpha value is -12.6. The fourth-order valence-electron chi connectivity index (χ4n) is 12.2. The summed E-state index contributed by atoms with van der Waals surface area (Å²) >= 11 is 0. The smallest absolute Gasteiger partial charge is 0.126 e. The Kier molecular flexibility index (Phi) is 17.8. The third-order valence-electron chi connectivity index (χ3n) is 16.7. The number of para-hydroxylation sites is 3. The predicted octanol–water partition coefficient (Wildman–Crippen LogP) is 21.6. The highest BCUT2D eigenvalue weighted by molar-refractivity contribution is 5.99. The zero-order valence-corrected chi connectivity index (χ0v) is 53.6. The van der Waals surface area contributed by atoms with Gasteiger partial charge in [-0.2, -0.15) is 0 Å². The number of rotatable bonds is 8. The molecule has 0 fully saturated rings. The van der Waals surface area contributed by atoms with Gasteiger partial charge in [-0.3, -0.25) is 9.97 Å². The fraction of sp³-hybridized carbons (Fsp3) is 0.0460. The molecule has 17 aromatic rings. The Morgan fingerprint density at radius 3 is 1.28 bits per heavy atom. The minimum atomic E-state index is 0.785. The Labute approximate surface area is 558 Å². The van der Waals surface area contributed by atoms with Crippen LogP contribution in [0.1, 0.15) is 23.0 Å². The number of hydrogen-bond acceptors (Lipinski definition) is 9. The van der Waals surface area contributed by atoms with Gasteiger partial charge in [0.05, 0.1) is 50.7 Å². The van der Waals surface area contributed by atoms with E-state index in [0.717, 1.165) is 118 Å². The van der Waals surface area contributed by atoms with Crippen molar-refractivity contribution in [2.75, 3.05) is 0 Å². The lowest BCUT2D eigenvalue weighted by Gasteiger charge is -2.10. The maximum atomic E-state index is 4.85. The van der Waals surface area contributed by atoms with Crippen LogP contribution in [0.15, 0.2) is 322 Å². The average molecular weight is 1240 g/mol. The van der Waals surface area contributed by atoms with E-state index in [-0.39, 0.29) is 0 Å². The van der Waals surface area contributed by atoms with Gasteiger partial charge in [0.1, 0.15) is 17.5 Å². The molecule has 458 valence electrons. The lowest BCUT2D eigenvalue weighted by Crippen LogP contribution is -1.94. The molecule has 0 atom stereocenters. The molecular formula is C87H65N9. The van der Waals surface area contributed by atoms with Crippen molar-refractivity contribution in [2.24, 2.45) is 0 Å². The molecule has 0 aliphatic rings. The molecule has 0 aliphatic carbocycles. The number of aromatic nitrogens is 9. The first-order chi connectivity index (χ1) is 47.2. The SMILES string of the molecule is Cc1cc(-c2ccccc2)cc(-c2cccc(-c3cccnc3)n2)c1.Cc1nc(-c2ccc(-c3cccc4ccccc34)cc2)c2ccccc2n1.Cc1nc(-c2ccc(-c3ccccn3)cc2)c2ccccc2n1.Cc1nc(-c2ccc3ccccc3c2)c2ccccc2n1. The highest BCUT2D eigenvalue weighted by atomic mass is 14.9. The molecule has 6 aromatic heterocycles. The largest absolute Gasteiger partial charge is 0.264 e. The standard InChI is InChI=1S/C25H18N2.C23H18N2.C20H15N3.C19H14N2/c1-17-26-24-12-5-4-10-23(24)25(27-17)20-15-13-19(14-16-20)22-11-6-8-18-7-2-3-9-21(18)22;1-17-13-20(18-7-3-2-4-8-18)15-21(14-17)23-11-5-10-22(25-23)19-9-6-12-24-16-19;1-14-22-19-8-3-2-6-17(19)20(23-14)16-11-9-15(10-12-16)18-7-4-5-13-21-18;1-13-20-18-9-5-4-8-17(18)19(21-13)16-11-10-14-6-2-3-7-15(14)12-16/h2-16H,1H3;2-16H,1H3;2-13H,1H3;2-12H,1H3. The molecule has 9 nitrogen and oxygen atoms in total. The van der Waals surface area contributed by atoms with E-state index in [1.165, 1.54) is 49.4 Å². The van der Waals surface area contributed by atoms with Gasteiger partial charge in [0.2, 0.25) is 0 Å². The molecule has 0 aliphatic heterocycles. The molecule has 17 rings (SSSR count). The highest BCUT2D eigenvalue weighted by Gasteiger charge is 2.14. The van der Waals surface area contributed by atoms with Crippen molar-refractivity contribution >= 4 is 54.3 Å². The molecule has 0 bridgehead atoms. The Morgan fingerprint density at radius 2 is 0.688 bits per heavy atom. The van der Waals surface area contributed by atoms with Crippen molar-refractivity contribution in [1.29, 1.82) is 0 Å². The summed E-state index contributed by atoms with van der Waals surface area (Å²) < 4.78 is 0. The second-order valence-electron chi connectivity index (χ2n) is 23.5. The lowest BCUT2D eigenvalue weighted by molar-refractivity contribution is 1.10. The van der Waals surface area contributed by atoms with Gasteiger partial charge in [-0.05, 0) is 150 Å². The first-order valence-electron chi connectivity index (χ1n) is 32.1. The summed E-state index contributed by atoms with van der Waals surface area (Å²) in [6, 6.07) is 104. The second kappa shape index (κ2) is 28.1. The van der Waals surface area contributed by atoms with Crippen LogP contribution >= 0.6 is 0 Å². The normalized spacial score (nSPS) is 10.9. The van der Waals surface area contributed by atoms with Crippen LogP contribution in [0.5, 0.6) is 0 Å². The summed E-state index contributed by atoms with van der Waals surface area (Å²) in [5.41, 5.74) is 21.5. The van der Waals surface area contributed by atoms with Crippen molar-refractivity contribution in [2.45, 2.75) is 27.7 Å². The van der Waals surface area contributed by atoms with Crippen molar-refractivity contribution in [1.82, 2.24) is 44.9 Å². The molecule has 6 heterocycles. The molecule has 0 radical (unpaired) electrons. The highest BCUT2D eigenvalue weighted by Crippen LogP contribution is 2.35. The molecule has 0 spiro atoms. The molecule has 9 heteroatoms. The third-order valence-corrected chi connectivity index (χ3v) is 16.7. The molecule has 96 heavy (non-hydrogen) atoms. The van der Waals surface area contributed by atoms with Gasteiger partial charge in [0.25, 0.3) is 0 Å². The molecule has 0 saturated carbocycles. The van der Waals surface area contributed by atoms with E-state index in [1.807, 2.05) is 130 Å². The Balaban J connectivity index is 0.000000110. The van der Waals surface area contributed by atoms with Crippen LogP contribution < -0.4 is 0 Å². The lowest BCUT2D eigenvalue weighted by atomic mass is 9.96. The fourth-order valence-corrected chi connectivity index (χ4v) is 12.2. The van der Waals surface area contributed by atoms with Crippen molar-refractivity contribution in [3.8, 4) is 89.8 Å². The van der Waals surface area contributed by atoms with Gasteiger partial charge in [0, 0.05) is 68.1 Å². The minimum Gasteiger partial charge on any atom is -0.264 e. The van der Waals surface area contributed by atoms with Gasteiger partial charge >= 0.3 is 0 Å². The second-order valence-corrected chi connectivity index (χ2v) is 23.5. The zero-order chi connectivity index (χ0) is 65.2. The van der Waals surface area contributed by atoms with Crippen LogP contribution in [0.2, 0.25) is 0 Å². The molecule has 0 N–H and O–H groups in total. The van der Waals surface area contributed by atoms with Gasteiger partial charge < -0.3 is 0 Å². The molecule has 0 amide bonds. The van der Waals surface area contributed by atoms with E-state index in [2.05, 4.69) is 248 Å². The number of benzene rings is 11. The van der Waals surface area contributed by atoms with Gasteiger partial charge in [-0.25, -0.2) is 34.9 Å². The first kappa shape index (κ1) is 60.9. The summed E-state index contributed by atoms with van der Waals surface area (Å²) in [5, 5.41) is 8.27. The molecule has 0 saturated heterocycles. The van der Waals surface area contributed by atoms with Crippen LogP contribution in [0.3, 0.4) is 0 Å². The van der Waals surface area contributed by atoms with Crippen LogP contribution in [-0.4, -0.2) is 44.9 Å². The van der Waals surface area contributed by atoms with E-state index in [1.54, 1.807) is 6.20 Å². The predicted molar refractivity (Wildman–Crippen MR) is 396 cm³/mol. The maximum Gasteiger partial charge on any atom is 0.126 e. The summed E-state index contributed by atoms with van der Waals surface area (Å²) in [7, 11) is 0. The number of pyridine rings is 3. The van der Waals surface area contributed by atoms with E-state index >= 15 is 0 Å². The van der Waals surface area contributed by atoms with E-state index in [0.29, 0.717) is 0 Å². The maximum absolute atomic E-state index is 4.85. The third kappa shape index (κ3) is 13.8. The number of aryl methyl sites for hydroxylation is 4. The zero-order valence-electron chi connectivity index (χ0n) is 53.6. The van der Waals surface area contributed by atoms with Crippen molar-refractivity contribution in [3.05, 3.63) is 345 Å². The quantitative estimate of drug-likeness (QED) is 0.147. The van der Waals surface area contributed by atoms with Crippen LogP contribution in [0, 0.1) is 27.7 Å². The first-order valence-corrected chi connectivity index (χ1v) is 32.1. The topological polar surface area (TPSA) is 116 Å². The number of fused-ring (bicyclic) bond motifs is 5. The average Bonchev–Trinajstić information content (AvgIpc) is 0.886. The number of hydrogen-bond donors (Lipinski definition) is 0. The summed E-state index contributed by atoms with van der Waals surface area (Å²) in [6.07, 6.45) is 5.43. The molecule has 11 aromatic carbocycles.